The summed E-state index contributed by atoms with van der Waals surface area (Å²) in [5.41, 5.74) is 4.41. The monoisotopic (exact) mass is 427 g/mol. The summed E-state index contributed by atoms with van der Waals surface area (Å²) in [6.45, 7) is 2.98. The molecule has 6 nitrogen and oxygen atoms in total. The molecule has 0 saturated heterocycles. The van der Waals surface area contributed by atoms with Gasteiger partial charge in [-0.2, -0.15) is 5.26 Å². The number of H-pyrrole nitrogens is 1. The Morgan fingerprint density at radius 3 is 3.06 bits per heavy atom. The lowest BCUT2D eigenvalue weighted by Gasteiger charge is -2.25. The van der Waals surface area contributed by atoms with Crippen molar-refractivity contribution in [1.29, 1.82) is 5.26 Å². The van der Waals surface area contributed by atoms with Crippen molar-refractivity contribution < 1.29 is 4.79 Å². The number of pyridine rings is 1. The van der Waals surface area contributed by atoms with Gasteiger partial charge >= 0.3 is 0 Å². The Bertz CT molecular complexity index is 1360. The highest BCUT2D eigenvalue weighted by molar-refractivity contribution is 7.18. The third-order valence-electron chi connectivity index (χ3n) is 5.86. The van der Waals surface area contributed by atoms with E-state index >= 15 is 0 Å². The zero-order valence-corrected chi connectivity index (χ0v) is 17.9. The first-order chi connectivity index (χ1) is 15.2. The van der Waals surface area contributed by atoms with E-state index in [4.69, 9.17) is 0 Å². The molecule has 0 saturated carbocycles. The van der Waals surface area contributed by atoms with Crippen LogP contribution in [0.25, 0.3) is 21.1 Å². The number of aromatic amines is 1. The number of nitriles is 1. The van der Waals surface area contributed by atoms with Gasteiger partial charge in [0.2, 0.25) is 0 Å². The van der Waals surface area contributed by atoms with E-state index in [-0.39, 0.29) is 6.04 Å². The number of aldehydes is 1. The molecule has 154 valence electrons. The molecule has 7 heteroatoms. The lowest BCUT2D eigenvalue weighted by atomic mass is 10.1. The highest BCUT2D eigenvalue weighted by Gasteiger charge is 2.23. The first-order valence-electron chi connectivity index (χ1n) is 10.2. The van der Waals surface area contributed by atoms with Crippen LogP contribution in [0.1, 0.15) is 34.9 Å². The van der Waals surface area contributed by atoms with Crippen molar-refractivity contribution in [3.63, 3.8) is 0 Å². The van der Waals surface area contributed by atoms with Crippen molar-refractivity contribution >= 4 is 50.1 Å². The Labute approximate surface area is 183 Å². The number of aromatic nitrogens is 2. The highest BCUT2D eigenvalue weighted by Crippen LogP contribution is 2.40. The lowest BCUT2D eigenvalue weighted by Crippen LogP contribution is -2.21. The fourth-order valence-electron chi connectivity index (χ4n) is 4.22. The minimum atomic E-state index is -0.00761. The summed E-state index contributed by atoms with van der Waals surface area (Å²) in [5.74, 6) is 0. The molecule has 1 aliphatic rings. The molecule has 0 amide bonds. The molecule has 3 aromatic heterocycles. The smallest absolute Gasteiger partial charge is 0.125 e. The van der Waals surface area contributed by atoms with Crippen molar-refractivity contribution in [2.75, 3.05) is 11.9 Å². The van der Waals surface area contributed by atoms with Gasteiger partial charge in [0.1, 0.15) is 17.2 Å². The topological polar surface area (TPSA) is 84.8 Å². The van der Waals surface area contributed by atoms with Gasteiger partial charge < -0.3 is 20.0 Å². The van der Waals surface area contributed by atoms with E-state index in [0.29, 0.717) is 12.0 Å². The number of hydrogen-bond acceptors (Lipinski definition) is 6. The van der Waals surface area contributed by atoms with Crippen LogP contribution in [-0.2, 0) is 4.79 Å². The van der Waals surface area contributed by atoms with Gasteiger partial charge in [0.05, 0.1) is 17.3 Å². The largest absolute Gasteiger partial charge is 0.369 e. The molecule has 2 N–H and O–H groups in total. The first-order valence-corrected chi connectivity index (χ1v) is 11.0. The van der Waals surface area contributed by atoms with Gasteiger partial charge in [-0.25, -0.2) is 4.98 Å². The van der Waals surface area contributed by atoms with Gasteiger partial charge in [0, 0.05) is 52.2 Å². The van der Waals surface area contributed by atoms with Crippen LogP contribution in [0, 0.1) is 18.3 Å². The molecule has 0 aliphatic carbocycles. The zero-order valence-electron chi connectivity index (χ0n) is 17.1. The number of carbonyl (C=O) groups excluding carboxylic acids is 1. The predicted molar refractivity (Wildman–Crippen MR) is 125 cm³/mol. The maximum atomic E-state index is 11.4. The Hall–Kier alpha value is -3.63. The van der Waals surface area contributed by atoms with Gasteiger partial charge in [-0.1, -0.05) is 6.08 Å². The minimum absolute atomic E-state index is 0.00761. The molecular formula is C24H21N5OS. The second-order valence-electron chi connectivity index (χ2n) is 7.66. The fourth-order valence-corrected chi connectivity index (χ4v) is 5.36. The average Bonchev–Trinajstić information content (AvgIpc) is 3.54. The maximum absolute atomic E-state index is 11.4. The zero-order chi connectivity index (χ0) is 21.4. The maximum Gasteiger partial charge on any atom is 0.125 e. The molecule has 0 bridgehead atoms. The minimum Gasteiger partial charge on any atom is -0.369 e. The van der Waals surface area contributed by atoms with E-state index in [1.54, 1.807) is 17.5 Å². The number of anilines is 2. The van der Waals surface area contributed by atoms with E-state index in [2.05, 4.69) is 57.6 Å². The summed E-state index contributed by atoms with van der Waals surface area (Å²) in [4.78, 5) is 23.3. The van der Waals surface area contributed by atoms with E-state index in [1.165, 1.54) is 0 Å². The van der Waals surface area contributed by atoms with Gasteiger partial charge in [0.25, 0.3) is 0 Å². The molecule has 4 heterocycles. The number of fused-ring (bicyclic) bond motifs is 2. The fraction of sp³-hybridized carbons (Fsp3) is 0.208. The molecule has 4 aromatic rings. The van der Waals surface area contributed by atoms with Crippen molar-refractivity contribution in [2.45, 2.75) is 25.8 Å². The van der Waals surface area contributed by atoms with E-state index < -0.39 is 0 Å². The molecule has 1 atom stereocenters. The van der Waals surface area contributed by atoms with Gasteiger partial charge in [-0.3, -0.25) is 0 Å². The second-order valence-corrected chi connectivity index (χ2v) is 8.72. The van der Waals surface area contributed by atoms with E-state index in [9.17, 15) is 10.1 Å². The Morgan fingerprint density at radius 1 is 1.39 bits per heavy atom. The van der Waals surface area contributed by atoms with Crippen LogP contribution in [0.4, 0.5) is 11.4 Å². The predicted octanol–water partition coefficient (Wildman–Crippen LogP) is 5.55. The van der Waals surface area contributed by atoms with Crippen molar-refractivity contribution in [2.24, 2.45) is 0 Å². The highest BCUT2D eigenvalue weighted by atomic mass is 32.1. The SMILES string of the molecule is Cc1c(Nc2c(C#N)cnc3sc(C(CC=O)N4C=CCC4)cc23)ccc2[nH]ccc12. The van der Waals surface area contributed by atoms with Crippen LogP contribution in [0.5, 0.6) is 0 Å². The third kappa shape index (κ3) is 3.35. The third-order valence-corrected chi connectivity index (χ3v) is 7.01. The molecule has 0 spiro atoms. The van der Waals surface area contributed by atoms with Gasteiger partial charge in [-0.05, 0) is 49.4 Å². The van der Waals surface area contributed by atoms with Crippen molar-refractivity contribution in [3.05, 3.63) is 64.9 Å². The summed E-state index contributed by atoms with van der Waals surface area (Å²) < 4.78 is 0. The van der Waals surface area contributed by atoms with Crippen LogP contribution in [0.3, 0.4) is 0 Å². The van der Waals surface area contributed by atoms with Gasteiger partial charge in [0.15, 0.2) is 0 Å². The number of rotatable bonds is 6. The quantitative estimate of drug-likeness (QED) is 0.394. The average molecular weight is 428 g/mol. The van der Waals surface area contributed by atoms with Crippen LogP contribution in [0.15, 0.2) is 48.9 Å². The summed E-state index contributed by atoms with van der Waals surface area (Å²) >= 11 is 1.58. The number of carbonyl (C=O) groups is 1. The lowest BCUT2D eigenvalue weighted by molar-refractivity contribution is -0.108. The Kier molecular flexibility index (Phi) is 4.92. The molecule has 1 aliphatic heterocycles. The normalized spacial score (nSPS) is 14.3. The molecule has 1 unspecified atom stereocenters. The van der Waals surface area contributed by atoms with Crippen molar-refractivity contribution in [3.8, 4) is 6.07 Å². The van der Waals surface area contributed by atoms with Crippen LogP contribution in [0.2, 0.25) is 0 Å². The van der Waals surface area contributed by atoms with Crippen LogP contribution >= 0.6 is 11.3 Å². The number of nitrogens with one attached hydrogen (secondary N) is 2. The number of aryl methyl sites for hydroxylation is 1. The van der Waals surface area contributed by atoms with E-state index in [0.717, 1.165) is 62.2 Å². The van der Waals surface area contributed by atoms with E-state index in [1.807, 2.05) is 18.3 Å². The molecular weight excluding hydrogens is 406 g/mol. The van der Waals surface area contributed by atoms with Crippen LogP contribution < -0.4 is 5.32 Å². The Balaban J connectivity index is 1.61. The molecule has 1 aromatic carbocycles. The summed E-state index contributed by atoms with van der Waals surface area (Å²) in [7, 11) is 0. The standard InChI is InChI=1S/C24H21N5OS/c1-15-17-6-8-26-20(17)5-4-19(15)28-23-16(13-25)14-27-24-18(23)12-22(31-24)21(7-11-30)29-9-2-3-10-29/h2,4-6,8-9,11-12,14,21,26H,3,7,10H2,1H3,(H,27,28). The number of benzene rings is 1. The molecule has 0 fully saturated rings. The number of thiophene rings is 1. The van der Waals surface area contributed by atoms with Gasteiger partial charge in [-0.15, -0.1) is 11.3 Å². The molecule has 5 rings (SSSR count). The number of nitrogens with zero attached hydrogens (tertiary/aromatic N) is 3. The van der Waals surface area contributed by atoms with Crippen molar-refractivity contribution in [1.82, 2.24) is 14.9 Å². The number of hydrogen-bond donors (Lipinski definition) is 2. The molecule has 31 heavy (non-hydrogen) atoms. The summed E-state index contributed by atoms with van der Waals surface area (Å²) in [6, 6.07) is 10.5. The van der Waals surface area contributed by atoms with Crippen LogP contribution in [-0.4, -0.2) is 27.7 Å². The summed E-state index contributed by atoms with van der Waals surface area (Å²) in [6.07, 6.45) is 10.1. The Morgan fingerprint density at radius 2 is 2.29 bits per heavy atom. The second kappa shape index (κ2) is 7.89. The molecule has 0 radical (unpaired) electrons. The first kappa shape index (κ1) is 19.3. The summed E-state index contributed by atoms with van der Waals surface area (Å²) in [5, 5.41) is 15.3.